The molecule has 2 rings (SSSR count). The zero-order valence-corrected chi connectivity index (χ0v) is 12.8. The van der Waals surface area contributed by atoms with Crippen LogP contribution in [0.5, 0.6) is 0 Å². The lowest BCUT2D eigenvalue weighted by molar-refractivity contribution is 0.282. The summed E-state index contributed by atoms with van der Waals surface area (Å²) in [4.78, 5) is 2.50. The monoisotopic (exact) mass is 280 g/mol. The lowest BCUT2D eigenvalue weighted by atomic mass is 10.1. The molecule has 2 nitrogen and oxygen atoms in total. The SMILES string of the molecule is CCCN(CC)CCNC1CCc2cc(Cl)ccc21. The molecule has 0 radical (unpaired) electrons. The van der Waals surface area contributed by atoms with Gasteiger partial charge in [-0.2, -0.15) is 0 Å². The van der Waals surface area contributed by atoms with Crippen molar-refractivity contribution in [2.75, 3.05) is 26.2 Å². The van der Waals surface area contributed by atoms with E-state index in [2.05, 4.69) is 36.2 Å². The van der Waals surface area contributed by atoms with Crippen molar-refractivity contribution in [3.05, 3.63) is 34.3 Å². The van der Waals surface area contributed by atoms with E-state index in [9.17, 15) is 0 Å². The molecule has 1 aromatic rings. The van der Waals surface area contributed by atoms with Gasteiger partial charge < -0.3 is 10.2 Å². The van der Waals surface area contributed by atoms with Crippen LogP contribution in [0.2, 0.25) is 5.02 Å². The third-order valence-corrected chi connectivity index (χ3v) is 4.22. The Balaban J connectivity index is 1.83. The van der Waals surface area contributed by atoms with Gasteiger partial charge in [-0.25, -0.2) is 0 Å². The number of nitrogens with one attached hydrogen (secondary N) is 1. The quantitative estimate of drug-likeness (QED) is 0.820. The summed E-state index contributed by atoms with van der Waals surface area (Å²) < 4.78 is 0. The molecule has 1 unspecified atom stereocenters. The standard InChI is InChI=1S/C16H25ClN2/c1-3-10-19(4-2)11-9-18-16-8-5-13-12-14(17)6-7-15(13)16/h6-7,12,16,18H,3-5,8-11H2,1-2H3. The number of benzene rings is 1. The Labute approximate surface area is 122 Å². The Bertz CT molecular complexity index is 406. The number of aryl methyl sites for hydroxylation is 1. The molecule has 1 aromatic carbocycles. The Morgan fingerprint density at radius 2 is 2.16 bits per heavy atom. The lowest BCUT2D eigenvalue weighted by Gasteiger charge is -2.21. The molecular weight excluding hydrogens is 256 g/mol. The average molecular weight is 281 g/mol. The van der Waals surface area contributed by atoms with Gasteiger partial charge in [-0.05, 0) is 55.6 Å². The smallest absolute Gasteiger partial charge is 0.0408 e. The van der Waals surface area contributed by atoms with Crippen molar-refractivity contribution < 1.29 is 0 Å². The van der Waals surface area contributed by atoms with E-state index in [1.807, 2.05) is 6.07 Å². The molecule has 0 fully saturated rings. The molecule has 0 saturated heterocycles. The first kappa shape index (κ1) is 14.8. The maximum atomic E-state index is 6.04. The van der Waals surface area contributed by atoms with Crippen molar-refractivity contribution >= 4 is 11.6 Å². The zero-order valence-electron chi connectivity index (χ0n) is 12.1. The molecule has 1 aliphatic carbocycles. The van der Waals surface area contributed by atoms with Gasteiger partial charge in [0, 0.05) is 24.2 Å². The van der Waals surface area contributed by atoms with Crippen molar-refractivity contribution in [3.8, 4) is 0 Å². The van der Waals surface area contributed by atoms with Crippen LogP contribution in [0.25, 0.3) is 0 Å². The van der Waals surface area contributed by atoms with Crippen LogP contribution in [0.4, 0.5) is 0 Å². The molecule has 1 atom stereocenters. The van der Waals surface area contributed by atoms with Crippen LogP contribution in [-0.4, -0.2) is 31.1 Å². The van der Waals surface area contributed by atoms with E-state index in [1.54, 1.807) is 0 Å². The maximum absolute atomic E-state index is 6.04. The summed E-state index contributed by atoms with van der Waals surface area (Å²) in [5.41, 5.74) is 2.87. The van der Waals surface area contributed by atoms with Crippen LogP contribution in [0.1, 0.15) is 43.9 Å². The van der Waals surface area contributed by atoms with E-state index in [0.29, 0.717) is 6.04 Å². The lowest BCUT2D eigenvalue weighted by Crippen LogP contribution is -2.33. The number of fused-ring (bicyclic) bond motifs is 1. The summed E-state index contributed by atoms with van der Waals surface area (Å²) in [7, 11) is 0. The van der Waals surface area contributed by atoms with E-state index >= 15 is 0 Å². The highest BCUT2D eigenvalue weighted by molar-refractivity contribution is 6.30. The summed E-state index contributed by atoms with van der Waals surface area (Å²) in [6.45, 7) is 9.04. The minimum atomic E-state index is 0.521. The highest BCUT2D eigenvalue weighted by atomic mass is 35.5. The Kier molecular flexibility index (Phi) is 5.68. The second kappa shape index (κ2) is 7.28. The van der Waals surface area contributed by atoms with Gasteiger partial charge in [-0.15, -0.1) is 0 Å². The molecule has 0 saturated carbocycles. The Morgan fingerprint density at radius 3 is 2.89 bits per heavy atom. The number of halogens is 1. The van der Waals surface area contributed by atoms with Gasteiger partial charge in [0.1, 0.15) is 0 Å². The molecule has 19 heavy (non-hydrogen) atoms. The molecule has 106 valence electrons. The molecule has 3 heteroatoms. The highest BCUT2D eigenvalue weighted by Gasteiger charge is 2.21. The van der Waals surface area contributed by atoms with Crippen molar-refractivity contribution in [2.45, 2.75) is 39.2 Å². The summed E-state index contributed by atoms with van der Waals surface area (Å²) in [5.74, 6) is 0. The Hall–Kier alpha value is -0.570. The minimum absolute atomic E-state index is 0.521. The fourth-order valence-electron chi connectivity index (χ4n) is 2.94. The summed E-state index contributed by atoms with van der Waals surface area (Å²) in [6, 6.07) is 6.84. The molecule has 0 aromatic heterocycles. The fourth-order valence-corrected chi connectivity index (χ4v) is 3.13. The van der Waals surface area contributed by atoms with Crippen LogP contribution in [-0.2, 0) is 6.42 Å². The van der Waals surface area contributed by atoms with Gasteiger partial charge in [-0.3, -0.25) is 0 Å². The number of rotatable bonds is 7. The first-order valence-corrected chi connectivity index (χ1v) is 7.86. The summed E-state index contributed by atoms with van der Waals surface area (Å²) >= 11 is 6.04. The van der Waals surface area contributed by atoms with Crippen molar-refractivity contribution in [2.24, 2.45) is 0 Å². The molecule has 0 spiro atoms. The van der Waals surface area contributed by atoms with Gasteiger partial charge in [0.05, 0.1) is 0 Å². The Morgan fingerprint density at radius 1 is 1.32 bits per heavy atom. The van der Waals surface area contributed by atoms with Gasteiger partial charge in [0.25, 0.3) is 0 Å². The second-order valence-electron chi connectivity index (χ2n) is 5.32. The van der Waals surface area contributed by atoms with Gasteiger partial charge in [0.15, 0.2) is 0 Å². The summed E-state index contributed by atoms with van der Waals surface area (Å²) in [5, 5.41) is 4.56. The molecule has 0 heterocycles. The first-order valence-electron chi connectivity index (χ1n) is 7.48. The number of nitrogens with zero attached hydrogens (tertiary/aromatic N) is 1. The third kappa shape index (κ3) is 3.95. The minimum Gasteiger partial charge on any atom is -0.309 e. The number of hydrogen-bond donors (Lipinski definition) is 1. The van der Waals surface area contributed by atoms with E-state index in [4.69, 9.17) is 11.6 Å². The summed E-state index contributed by atoms with van der Waals surface area (Å²) in [6.07, 6.45) is 3.59. The molecule has 0 bridgehead atoms. The van der Waals surface area contributed by atoms with Crippen LogP contribution >= 0.6 is 11.6 Å². The molecule has 0 aliphatic heterocycles. The van der Waals surface area contributed by atoms with Crippen LogP contribution in [0, 0.1) is 0 Å². The van der Waals surface area contributed by atoms with Gasteiger partial charge >= 0.3 is 0 Å². The first-order chi connectivity index (χ1) is 9.24. The van der Waals surface area contributed by atoms with Crippen LogP contribution in [0.15, 0.2) is 18.2 Å². The zero-order chi connectivity index (χ0) is 13.7. The van der Waals surface area contributed by atoms with Crippen molar-refractivity contribution in [1.82, 2.24) is 10.2 Å². The molecule has 1 N–H and O–H groups in total. The molecule has 0 amide bonds. The van der Waals surface area contributed by atoms with Crippen molar-refractivity contribution in [3.63, 3.8) is 0 Å². The van der Waals surface area contributed by atoms with E-state index in [0.717, 1.165) is 31.1 Å². The average Bonchev–Trinajstić information content (AvgIpc) is 2.80. The van der Waals surface area contributed by atoms with Crippen molar-refractivity contribution in [1.29, 1.82) is 0 Å². The maximum Gasteiger partial charge on any atom is 0.0408 e. The second-order valence-corrected chi connectivity index (χ2v) is 5.76. The van der Waals surface area contributed by atoms with Crippen LogP contribution < -0.4 is 5.32 Å². The molecule has 1 aliphatic rings. The fraction of sp³-hybridized carbons (Fsp3) is 0.625. The van der Waals surface area contributed by atoms with E-state index < -0.39 is 0 Å². The highest BCUT2D eigenvalue weighted by Crippen LogP contribution is 2.32. The van der Waals surface area contributed by atoms with Gasteiger partial charge in [0.2, 0.25) is 0 Å². The largest absolute Gasteiger partial charge is 0.309 e. The topological polar surface area (TPSA) is 15.3 Å². The predicted molar refractivity (Wildman–Crippen MR) is 82.9 cm³/mol. The number of likely N-dealkylation sites (N-methyl/N-ethyl adjacent to an activating group) is 1. The van der Waals surface area contributed by atoms with E-state index in [1.165, 1.54) is 30.5 Å². The predicted octanol–water partition coefficient (Wildman–Crippen LogP) is 3.65. The normalized spacial score (nSPS) is 18.0. The molecular formula is C16H25ClN2. The number of hydrogen-bond acceptors (Lipinski definition) is 2. The van der Waals surface area contributed by atoms with Crippen LogP contribution in [0.3, 0.4) is 0 Å². The van der Waals surface area contributed by atoms with Gasteiger partial charge in [-0.1, -0.05) is 31.5 Å². The third-order valence-electron chi connectivity index (χ3n) is 3.99. The van der Waals surface area contributed by atoms with E-state index in [-0.39, 0.29) is 0 Å².